The molecule has 1 saturated carbocycles. The van der Waals surface area contributed by atoms with Crippen LogP contribution in [0.5, 0.6) is 5.75 Å². The molecule has 0 radical (unpaired) electrons. The minimum absolute atomic E-state index is 0.287. The number of rotatable bonds is 2. The van der Waals surface area contributed by atoms with Gasteiger partial charge in [0.2, 0.25) is 0 Å². The molecule has 0 spiro atoms. The Bertz CT molecular complexity index is 422. The maximum Gasteiger partial charge on any atom is 0.138 e. The minimum Gasteiger partial charge on any atom is -0.506 e. The topological polar surface area (TPSA) is 32.6 Å². The van der Waals surface area contributed by atoms with E-state index in [1.807, 2.05) is 25.3 Å². The summed E-state index contributed by atoms with van der Waals surface area (Å²) in [4.78, 5) is 4.59. The van der Waals surface area contributed by atoms with E-state index in [1.165, 1.54) is 32.1 Å². The summed E-state index contributed by atoms with van der Waals surface area (Å²) in [5.74, 6) is 0.287. The quantitative estimate of drug-likeness (QED) is 0.814. The van der Waals surface area contributed by atoms with Crippen LogP contribution in [0, 0.1) is 6.92 Å². The van der Waals surface area contributed by atoms with Crippen LogP contribution >= 0.6 is 15.9 Å². The van der Waals surface area contributed by atoms with Gasteiger partial charge in [-0.1, -0.05) is 19.3 Å². The second kappa shape index (κ2) is 5.67. The molecule has 3 heteroatoms. The summed E-state index contributed by atoms with van der Waals surface area (Å²) >= 11 is 3.35. The summed E-state index contributed by atoms with van der Waals surface area (Å²) in [6, 6.07) is 4.32. The van der Waals surface area contributed by atoms with Gasteiger partial charge in [-0.05, 0) is 53.4 Å². The van der Waals surface area contributed by atoms with Crippen molar-refractivity contribution in [1.29, 1.82) is 0 Å². The standard InChI is InChI=1S/C14H18BrNO/c1-10-7-11(14(17)13(15)8-10)9-16-12-5-3-2-4-6-12/h7-9,12,17H,2-6H2,1H3/b16-9+. The van der Waals surface area contributed by atoms with Crippen LogP contribution in [0.1, 0.15) is 43.2 Å². The Morgan fingerprint density at radius 2 is 2.00 bits per heavy atom. The first-order valence-electron chi connectivity index (χ1n) is 6.19. The van der Waals surface area contributed by atoms with E-state index in [2.05, 4.69) is 20.9 Å². The molecule has 1 aliphatic rings. The van der Waals surface area contributed by atoms with Gasteiger partial charge in [0, 0.05) is 17.8 Å². The lowest BCUT2D eigenvalue weighted by Gasteiger charge is -2.17. The fourth-order valence-corrected chi connectivity index (χ4v) is 2.87. The molecule has 0 atom stereocenters. The largest absolute Gasteiger partial charge is 0.506 e. The number of halogens is 1. The molecule has 92 valence electrons. The normalized spacial score (nSPS) is 17.8. The van der Waals surface area contributed by atoms with Gasteiger partial charge in [-0.3, -0.25) is 4.99 Å². The highest BCUT2D eigenvalue weighted by molar-refractivity contribution is 9.10. The van der Waals surface area contributed by atoms with Crippen molar-refractivity contribution in [2.24, 2.45) is 4.99 Å². The van der Waals surface area contributed by atoms with Crippen LogP contribution in [-0.2, 0) is 0 Å². The van der Waals surface area contributed by atoms with Crippen molar-refractivity contribution in [3.05, 3.63) is 27.7 Å². The molecular formula is C14H18BrNO. The van der Waals surface area contributed by atoms with Gasteiger partial charge in [0.05, 0.1) is 4.47 Å². The van der Waals surface area contributed by atoms with E-state index in [0.29, 0.717) is 6.04 Å². The summed E-state index contributed by atoms with van der Waals surface area (Å²) in [5, 5.41) is 9.91. The summed E-state index contributed by atoms with van der Waals surface area (Å²) in [6.07, 6.45) is 8.10. The third-order valence-corrected chi connectivity index (χ3v) is 3.84. The number of nitrogens with zero attached hydrogens (tertiary/aromatic N) is 1. The Hall–Kier alpha value is -0.830. The van der Waals surface area contributed by atoms with Crippen LogP contribution in [0.25, 0.3) is 0 Å². The highest BCUT2D eigenvalue weighted by Crippen LogP contribution is 2.28. The second-order valence-corrected chi connectivity index (χ2v) is 5.61. The highest BCUT2D eigenvalue weighted by atomic mass is 79.9. The third-order valence-electron chi connectivity index (χ3n) is 3.24. The number of hydrogen-bond donors (Lipinski definition) is 1. The molecule has 1 aliphatic carbocycles. The predicted octanol–water partition coefficient (Wildman–Crippen LogP) is 4.21. The van der Waals surface area contributed by atoms with Gasteiger partial charge >= 0.3 is 0 Å². The number of phenolic OH excluding ortho intramolecular Hbond substituents is 1. The lowest BCUT2D eigenvalue weighted by Crippen LogP contribution is -2.09. The Labute approximate surface area is 111 Å². The highest BCUT2D eigenvalue weighted by Gasteiger charge is 2.11. The number of aromatic hydroxyl groups is 1. The summed E-state index contributed by atoms with van der Waals surface area (Å²) < 4.78 is 0.739. The van der Waals surface area contributed by atoms with Crippen LogP contribution in [0.2, 0.25) is 0 Å². The molecule has 0 aliphatic heterocycles. The maximum absolute atomic E-state index is 9.91. The number of aryl methyl sites for hydroxylation is 1. The molecule has 1 aromatic rings. The molecule has 0 amide bonds. The average molecular weight is 296 g/mol. The van der Waals surface area contributed by atoms with Crippen LogP contribution in [0.15, 0.2) is 21.6 Å². The lowest BCUT2D eigenvalue weighted by molar-refractivity contribution is 0.444. The van der Waals surface area contributed by atoms with Crippen molar-refractivity contribution in [3.63, 3.8) is 0 Å². The van der Waals surface area contributed by atoms with Gasteiger partial charge in [0.25, 0.3) is 0 Å². The predicted molar refractivity (Wildman–Crippen MR) is 75.0 cm³/mol. The van der Waals surface area contributed by atoms with Crippen molar-refractivity contribution in [3.8, 4) is 5.75 Å². The molecule has 1 aromatic carbocycles. The van der Waals surface area contributed by atoms with Crippen LogP contribution in [0.4, 0.5) is 0 Å². The number of phenols is 1. The molecule has 17 heavy (non-hydrogen) atoms. The zero-order chi connectivity index (χ0) is 12.3. The van der Waals surface area contributed by atoms with Gasteiger partial charge in [-0.15, -0.1) is 0 Å². The summed E-state index contributed by atoms with van der Waals surface area (Å²) in [6.45, 7) is 2.02. The van der Waals surface area contributed by atoms with E-state index in [4.69, 9.17) is 0 Å². The monoisotopic (exact) mass is 295 g/mol. The van der Waals surface area contributed by atoms with Gasteiger partial charge in [0.1, 0.15) is 5.75 Å². The van der Waals surface area contributed by atoms with Crippen molar-refractivity contribution in [1.82, 2.24) is 0 Å². The number of hydrogen-bond acceptors (Lipinski definition) is 2. The summed E-state index contributed by atoms with van der Waals surface area (Å²) in [7, 11) is 0. The number of aliphatic imine (C=N–C) groups is 1. The SMILES string of the molecule is Cc1cc(Br)c(O)c(/C=N/C2CCCCC2)c1. The Balaban J connectivity index is 2.14. The molecule has 0 aromatic heterocycles. The van der Waals surface area contributed by atoms with Crippen molar-refractivity contribution in [2.75, 3.05) is 0 Å². The first kappa shape index (κ1) is 12.6. The number of benzene rings is 1. The second-order valence-electron chi connectivity index (χ2n) is 4.75. The van der Waals surface area contributed by atoms with Crippen LogP contribution in [-0.4, -0.2) is 17.4 Å². The Kier molecular flexibility index (Phi) is 4.21. The van der Waals surface area contributed by atoms with Crippen LogP contribution < -0.4 is 0 Å². The first-order chi connectivity index (χ1) is 8.16. The first-order valence-corrected chi connectivity index (χ1v) is 6.98. The van der Waals surface area contributed by atoms with Gasteiger partial charge in [-0.25, -0.2) is 0 Å². The molecular weight excluding hydrogens is 278 g/mol. The molecule has 2 nitrogen and oxygen atoms in total. The minimum atomic E-state index is 0.287. The molecule has 0 heterocycles. The molecule has 0 unspecified atom stereocenters. The molecule has 2 rings (SSSR count). The van der Waals surface area contributed by atoms with E-state index in [-0.39, 0.29) is 5.75 Å². The fourth-order valence-electron chi connectivity index (χ4n) is 2.28. The fraction of sp³-hybridized carbons (Fsp3) is 0.500. The molecule has 0 saturated heterocycles. The average Bonchev–Trinajstić information content (AvgIpc) is 2.33. The molecule has 1 fully saturated rings. The van der Waals surface area contributed by atoms with Crippen molar-refractivity contribution >= 4 is 22.1 Å². The van der Waals surface area contributed by atoms with E-state index in [0.717, 1.165) is 15.6 Å². The molecule has 1 N–H and O–H groups in total. The lowest BCUT2D eigenvalue weighted by atomic mass is 9.96. The third kappa shape index (κ3) is 3.32. The Morgan fingerprint density at radius 3 is 2.71 bits per heavy atom. The summed E-state index contributed by atoms with van der Waals surface area (Å²) in [5.41, 5.74) is 1.93. The zero-order valence-corrected chi connectivity index (χ0v) is 11.7. The van der Waals surface area contributed by atoms with Gasteiger partial charge in [0.15, 0.2) is 0 Å². The van der Waals surface area contributed by atoms with Crippen molar-refractivity contribution in [2.45, 2.75) is 45.1 Å². The Morgan fingerprint density at radius 1 is 1.29 bits per heavy atom. The van der Waals surface area contributed by atoms with Crippen LogP contribution in [0.3, 0.4) is 0 Å². The van der Waals surface area contributed by atoms with Gasteiger partial charge in [-0.2, -0.15) is 0 Å². The zero-order valence-electron chi connectivity index (χ0n) is 10.1. The molecule has 0 bridgehead atoms. The smallest absolute Gasteiger partial charge is 0.138 e. The van der Waals surface area contributed by atoms with Gasteiger partial charge < -0.3 is 5.11 Å². The van der Waals surface area contributed by atoms with E-state index < -0.39 is 0 Å². The van der Waals surface area contributed by atoms with E-state index in [9.17, 15) is 5.11 Å². The maximum atomic E-state index is 9.91. The van der Waals surface area contributed by atoms with Crippen molar-refractivity contribution < 1.29 is 5.11 Å². The van der Waals surface area contributed by atoms with E-state index in [1.54, 1.807) is 0 Å². The van der Waals surface area contributed by atoms with E-state index >= 15 is 0 Å².